The van der Waals surface area contributed by atoms with Crippen molar-refractivity contribution in [3.63, 3.8) is 0 Å². The van der Waals surface area contributed by atoms with E-state index in [4.69, 9.17) is 11.6 Å². The molecule has 1 N–H and O–H groups in total. The van der Waals surface area contributed by atoms with Gasteiger partial charge in [0, 0.05) is 17.0 Å². The molecule has 3 aromatic rings. The summed E-state index contributed by atoms with van der Waals surface area (Å²) in [7, 11) is 0. The standard InChI is InChI=1S/C21H15ClFN3O2/c22-18-15(6-3-7-16(18)23)13-8-21(9-13)19(27)26(20(28)25-21)17-11-24-10-12-4-1-2-5-14(12)17/h1-7,10-11,13H,8-9H2,(H,25,28). The second-order valence-electron chi connectivity index (χ2n) is 7.28. The number of rotatable bonds is 2. The Bertz CT molecular complexity index is 1140. The molecule has 0 radical (unpaired) electrons. The Balaban J connectivity index is 1.47. The lowest BCUT2D eigenvalue weighted by atomic mass is 9.65. The summed E-state index contributed by atoms with van der Waals surface area (Å²) in [5, 5.41) is 4.54. The van der Waals surface area contributed by atoms with Crippen molar-refractivity contribution in [1.82, 2.24) is 10.3 Å². The van der Waals surface area contributed by atoms with Crippen LogP contribution in [-0.2, 0) is 4.79 Å². The number of carbonyl (C=O) groups excluding carboxylic acids is 2. The SMILES string of the molecule is O=C1NC2(CC(c3cccc(F)c3Cl)C2)C(=O)N1c1cncc2ccccc12. The third kappa shape index (κ3) is 2.34. The van der Waals surface area contributed by atoms with Crippen molar-refractivity contribution < 1.29 is 14.0 Å². The lowest BCUT2D eigenvalue weighted by molar-refractivity contribution is -0.125. The number of imide groups is 1. The summed E-state index contributed by atoms with van der Waals surface area (Å²) in [6.07, 6.45) is 3.99. The normalized spacial score (nSPS) is 23.9. The van der Waals surface area contributed by atoms with E-state index in [-0.39, 0.29) is 16.8 Å². The zero-order valence-electron chi connectivity index (χ0n) is 14.7. The maximum Gasteiger partial charge on any atom is 0.329 e. The summed E-state index contributed by atoms with van der Waals surface area (Å²) in [4.78, 5) is 31.2. The monoisotopic (exact) mass is 395 g/mol. The van der Waals surface area contributed by atoms with Crippen LogP contribution in [0.4, 0.5) is 14.9 Å². The molecule has 28 heavy (non-hydrogen) atoms. The summed E-state index contributed by atoms with van der Waals surface area (Å²) in [5.41, 5.74) is 0.151. The van der Waals surface area contributed by atoms with Crippen molar-refractivity contribution in [2.45, 2.75) is 24.3 Å². The second kappa shape index (κ2) is 6.01. The number of nitrogens with zero attached hydrogens (tertiary/aromatic N) is 2. The number of anilines is 1. The van der Waals surface area contributed by atoms with Crippen LogP contribution in [-0.4, -0.2) is 22.5 Å². The summed E-state index contributed by atoms with van der Waals surface area (Å²) in [6.45, 7) is 0. The number of fused-ring (bicyclic) bond motifs is 1. The Labute approximate surface area is 165 Å². The van der Waals surface area contributed by atoms with Gasteiger partial charge in [0.2, 0.25) is 0 Å². The number of halogens is 2. The highest BCUT2D eigenvalue weighted by atomic mass is 35.5. The van der Waals surface area contributed by atoms with Gasteiger partial charge in [-0.3, -0.25) is 9.78 Å². The van der Waals surface area contributed by atoms with E-state index in [0.29, 0.717) is 24.1 Å². The van der Waals surface area contributed by atoms with Gasteiger partial charge in [-0.25, -0.2) is 14.1 Å². The first-order valence-corrected chi connectivity index (χ1v) is 9.31. The van der Waals surface area contributed by atoms with E-state index >= 15 is 0 Å². The Morgan fingerprint density at radius 3 is 2.71 bits per heavy atom. The van der Waals surface area contributed by atoms with E-state index in [1.54, 1.807) is 18.3 Å². The number of nitrogens with one attached hydrogen (secondary N) is 1. The van der Waals surface area contributed by atoms with E-state index in [9.17, 15) is 14.0 Å². The molecule has 3 amide bonds. The molecule has 140 valence electrons. The van der Waals surface area contributed by atoms with Gasteiger partial charge in [-0.1, -0.05) is 48.0 Å². The average molecular weight is 396 g/mol. The molecule has 1 saturated carbocycles. The zero-order chi connectivity index (χ0) is 19.5. The van der Waals surface area contributed by atoms with Crippen LogP contribution < -0.4 is 10.2 Å². The van der Waals surface area contributed by atoms with Crippen molar-refractivity contribution in [1.29, 1.82) is 0 Å². The van der Waals surface area contributed by atoms with E-state index < -0.39 is 17.4 Å². The van der Waals surface area contributed by atoms with Gasteiger partial charge in [-0.2, -0.15) is 0 Å². The zero-order valence-corrected chi connectivity index (χ0v) is 15.4. The van der Waals surface area contributed by atoms with E-state index in [1.165, 1.54) is 17.2 Å². The van der Waals surface area contributed by atoms with Gasteiger partial charge < -0.3 is 5.32 Å². The molecule has 2 aliphatic rings. The maximum absolute atomic E-state index is 13.8. The van der Waals surface area contributed by atoms with Crippen molar-refractivity contribution >= 4 is 40.0 Å². The lowest BCUT2D eigenvalue weighted by Crippen LogP contribution is -2.56. The number of aromatic nitrogens is 1. The number of pyridine rings is 1. The molecule has 1 spiro atoms. The highest BCUT2D eigenvalue weighted by molar-refractivity contribution is 6.31. The highest BCUT2D eigenvalue weighted by Gasteiger charge is 2.59. The van der Waals surface area contributed by atoms with Crippen molar-refractivity contribution in [2.75, 3.05) is 4.90 Å². The minimum atomic E-state index is -0.978. The van der Waals surface area contributed by atoms with Crippen LogP contribution in [0.25, 0.3) is 10.8 Å². The van der Waals surface area contributed by atoms with Crippen LogP contribution in [0, 0.1) is 5.82 Å². The number of amides is 3. The maximum atomic E-state index is 13.8. The predicted octanol–water partition coefficient (Wildman–Crippen LogP) is 4.40. The summed E-state index contributed by atoms with van der Waals surface area (Å²) < 4.78 is 13.8. The van der Waals surface area contributed by atoms with E-state index in [2.05, 4.69) is 10.3 Å². The van der Waals surface area contributed by atoms with Crippen LogP contribution in [0.2, 0.25) is 5.02 Å². The van der Waals surface area contributed by atoms with Gasteiger partial charge in [0.05, 0.1) is 16.9 Å². The lowest BCUT2D eigenvalue weighted by Gasteiger charge is -2.43. The first-order chi connectivity index (χ1) is 13.5. The fourth-order valence-corrected chi connectivity index (χ4v) is 4.51. The van der Waals surface area contributed by atoms with Gasteiger partial charge in [-0.15, -0.1) is 0 Å². The molecular weight excluding hydrogens is 381 g/mol. The van der Waals surface area contributed by atoms with Crippen LogP contribution in [0.5, 0.6) is 0 Å². The smallest absolute Gasteiger partial charge is 0.323 e. The van der Waals surface area contributed by atoms with Crippen molar-refractivity contribution in [3.8, 4) is 0 Å². The minimum Gasteiger partial charge on any atom is -0.323 e. The Morgan fingerprint density at radius 1 is 1.11 bits per heavy atom. The fraction of sp³-hybridized carbons (Fsp3) is 0.190. The van der Waals surface area contributed by atoms with Gasteiger partial charge in [0.1, 0.15) is 11.4 Å². The summed E-state index contributed by atoms with van der Waals surface area (Å²) in [5.74, 6) is -0.872. The van der Waals surface area contributed by atoms with Crippen molar-refractivity contribution in [3.05, 3.63) is 71.3 Å². The molecule has 1 aromatic heterocycles. The fourth-order valence-electron chi connectivity index (χ4n) is 4.23. The molecule has 5 rings (SSSR count). The number of carbonyl (C=O) groups is 2. The van der Waals surface area contributed by atoms with Crippen LogP contribution >= 0.6 is 11.6 Å². The summed E-state index contributed by atoms with van der Waals surface area (Å²) >= 11 is 6.08. The quantitative estimate of drug-likeness (QED) is 0.654. The predicted molar refractivity (Wildman–Crippen MR) is 104 cm³/mol. The topological polar surface area (TPSA) is 62.3 Å². The molecule has 1 aliphatic carbocycles. The van der Waals surface area contributed by atoms with Gasteiger partial charge in [-0.05, 0) is 30.4 Å². The van der Waals surface area contributed by atoms with Crippen molar-refractivity contribution in [2.24, 2.45) is 0 Å². The van der Waals surface area contributed by atoms with Crippen LogP contribution in [0.1, 0.15) is 24.3 Å². The molecule has 5 nitrogen and oxygen atoms in total. The molecule has 2 fully saturated rings. The average Bonchev–Trinajstić information content (AvgIpc) is 2.93. The largest absolute Gasteiger partial charge is 0.329 e. The first kappa shape index (κ1) is 17.1. The first-order valence-electron chi connectivity index (χ1n) is 8.93. The number of hydrogen-bond donors (Lipinski definition) is 1. The molecule has 2 heterocycles. The summed E-state index contributed by atoms with van der Waals surface area (Å²) in [6, 6.07) is 11.7. The molecule has 7 heteroatoms. The number of benzene rings is 2. The van der Waals surface area contributed by atoms with Crippen LogP contribution in [0.3, 0.4) is 0 Å². The highest BCUT2D eigenvalue weighted by Crippen LogP contribution is 2.50. The molecule has 1 aliphatic heterocycles. The molecule has 0 bridgehead atoms. The molecule has 1 saturated heterocycles. The van der Waals surface area contributed by atoms with Gasteiger partial charge in [0.15, 0.2) is 0 Å². The third-order valence-corrected chi connectivity index (χ3v) is 6.06. The Hall–Kier alpha value is -2.99. The molecule has 0 unspecified atom stereocenters. The second-order valence-corrected chi connectivity index (χ2v) is 7.66. The Morgan fingerprint density at radius 2 is 1.89 bits per heavy atom. The van der Waals surface area contributed by atoms with Gasteiger partial charge in [0.25, 0.3) is 5.91 Å². The molecule has 0 atom stereocenters. The number of urea groups is 1. The molecular formula is C21H15ClFN3O2. The third-order valence-electron chi connectivity index (χ3n) is 5.66. The van der Waals surface area contributed by atoms with E-state index in [1.807, 2.05) is 24.3 Å². The number of hydrogen-bond acceptors (Lipinski definition) is 3. The van der Waals surface area contributed by atoms with E-state index in [0.717, 1.165) is 10.8 Å². The van der Waals surface area contributed by atoms with Gasteiger partial charge >= 0.3 is 6.03 Å². The molecule has 2 aromatic carbocycles. The van der Waals surface area contributed by atoms with Crippen LogP contribution in [0.15, 0.2) is 54.9 Å². The minimum absolute atomic E-state index is 0.0780. The Kier molecular flexibility index (Phi) is 3.67.